The molecule has 5 atom stereocenters. The number of hydrogen-bond donors (Lipinski definition) is 6. The molecule has 2 fully saturated rings. The molecule has 0 spiro atoms. The van der Waals surface area contributed by atoms with Crippen molar-refractivity contribution in [1.29, 1.82) is 0 Å². The molecule has 2 aliphatic rings. The topological polar surface area (TPSA) is 112 Å². The fourth-order valence-electron chi connectivity index (χ4n) is 3.72. The molecule has 1 heterocycles. The van der Waals surface area contributed by atoms with Gasteiger partial charge < -0.3 is 21.7 Å². The molecule has 0 bridgehead atoms. The van der Waals surface area contributed by atoms with E-state index in [0.717, 1.165) is 25.8 Å². The van der Waals surface area contributed by atoms with E-state index in [4.69, 9.17) is 5.73 Å². The van der Waals surface area contributed by atoms with Crippen molar-refractivity contribution in [1.82, 2.24) is 26.6 Å². The zero-order valence-corrected chi connectivity index (χ0v) is 16.3. The van der Waals surface area contributed by atoms with Gasteiger partial charge in [0.2, 0.25) is 0 Å². The Balaban J connectivity index is 1.73. The quantitative estimate of drug-likeness (QED) is 0.334. The van der Waals surface area contributed by atoms with Gasteiger partial charge >= 0.3 is 12.4 Å². The van der Waals surface area contributed by atoms with Gasteiger partial charge in [0.15, 0.2) is 0 Å². The molecule has 164 valence electrons. The second kappa shape index (κ2) is 11.1. The third-order valence-electron chi connectivity index (χ3n) is 4.97. The highest BCUT2D eigenvalue weighted by molar-refractivity contribution is 5.74. The lowest BCUT2D eigenvalue weighted by atomic mass is 9.93. The number of amides is 2. The number of rotatable bonds is 8. The van der Waals surface area contributed by atoms with Crippen molar-refractivity contribution < 1.29 is 22.7 Å². The number of nitrogens with two attached hydrogens (primary N) is 1. The number of urea groups is 1. The van der Waals surface area contributed by atoms with Gasteiger partial charge in [-0.2, -0.15) is 0 Å². The van der Waals surface area contributed by atoms with Gasteiger partial charge in [0, 0.05) is 12.1 Å². The summed E-state index contributed by atoms with van der Waals surface area (Å²) in [5.74, 6) is 0. The van der Waals surface area contributed by atoms with Gasteiger partial charge in [0.05, 0.1) is 12.3 Å². The Morgan fingerprint density at radius 1 is 1.18 bits per heavy atom. The third-order valence-corrected chi connectivity index (χ3v) is 4.97. The fraction of sp³-hybridized carbons (Fsp3) is 0.941. The Bertz CT molecular complexity index is 482. The smallest absolute Gasteiger partial charge is 0.335 e. The second-order valence-corrected chi connectivity index (χ2v) is 7.57. The maximum Gasteiger partial charge on any atom is 0.522 e. The van der Waals surface area contributed by atoms with Gasteiger partial charge in [-0.05, 0) is 65.0 Å². The molecular formula is C17H33F3N6O2. The van der Waals surface area contributed by atoms with Crippen LogP contribution in [0.15, 0.2) is 0 Å². The molecule has 2 amide bonds. The first-order valence-corrected chi connectivity index (χ1v) is 10.0. The summed E-state index contributed by atoms with van der Waals surface area (Å²) in [6, 6.07) is -0.566. The largest absolute Gasteiger partial charge is 0.522 e. The van der Waals surface area contributed by atoms with E-state index >= 15 is 0 Å². The molecule has 5 unspecified atom stereocenters. The maximum atomic E-state index is 12.4. The molecule has 2 rings (SSSR count). The minimum atomic E-state index is -4.65. The summed E-state index contributed by atoms with van der Waals surface area (Å²) < 4.78 is 41.3. The zero-order valence-electron chi connectivity index (χ0n) is 16.3. The highest BCUT2D eigenvalue weighted by Gasteiger charge is 2.36. The van der Waals surface area contributed by atoms with Crippen LogP contribution in [0.5, 0.6) is 0 Å². The van der Waals surface area contributed by atoms with E-state index < -0.39 is 24.8 Å². The van der Waals surface area contributed by atoms with Crippen molar-refractivity contribution in [2.45, 2.75) is 88.9 Å². The summed E-state index contributed by atoms with van der Waals surface area (Å²) >= 11 is 0. The van der Waals surface area contributed by atoms with Gasteiger partial charge in [-0.15, -0.1) is 13.2 Å². The predicted octanol–water partition coefficient (Wildman–Crippen LogP) is 1.04. The van der Waals surface area contributed by atoms with Crippen LogP contribution in [0.1, 0.15) is 51.9 Å². The van der Waals surface area contributed by atoms with Crippen molar-refractivity contribution in [3.05, 3.63) is 0 Å². The van der Waals surface area contributed by atoms with Crippen LogP contribution in [0.25, 0.3) is 0 Å². The van der Waals surface area contributed by atoms with E-state index in [1.54, 1.807) is 0 Å². The number of carbonyl (C=O) groups excluding carboxylic acids is 1. The Kier molecular flexibility index (Phi) is 9.22. The summed E-state index contributed by atoms with van der Waals surface area (Å²) in [5.41, 5.74) is 5.49. The van der Waals surface area contributed by atoms with Gasteiger partial charge in [0.1, 0.15) is 6.29 Å². The molecule has 1 aliphatic carbocycles. The average molecular weight is 410 g/mol. The summed E-state index contributed by atoms with van der Waals surface area (Å²) in [4.78, 5) is 12.3. The fourth-order valence-corrected chi connectivity index (χ4v) is 3.72. The van der Waals surface area contributed by atoms with Crippen LogP contribution in [-0.2, 0) is 4.74 Å². The van der Waals surface area contributed by atoms with E-state index in [2.05, 4.69) is 31.3 Å². The molecule has 0 radical (unpaired) electrons. The molecule has 28 heavy (non-hydrogen) atoms. The van der Waals surface area contributed by atoms with E-state index in [1.165, 1.54) is 0 Å². The average Bonchev–Trinajstić information content (AvgIpc) is 2.57. The lowest BCUT2D eigenvalue weighted by Crippen LogP contribution is -2.68. The minimum Gasteiger partial charge on any atom is -0.335 e. The van der Waals surface area contributed by atoms with Gasteiger partial charge in [-0.3, -0.25) is 15.4 Å². The number of carbonyl (C=O) groups is 1. The van der Waals surface area contributed by atoms with Gasteiger partial charge in [-0.25, -0.2) is 4.79 Å². The first-order chi connectivity index (χ1) is 13.2. The van der Waals surface area contributed by atoms with Crippen molar-refractivity contribution in [2.24, 2.45) is 5.73 Å². The molecule has 11 heteroatoms. The van der Waals surface area contributed by atoms with E-state index in [9.17, 15) is 18.0 Å². The molecule has 0 aromatic rings. The number of ether oxygens (including phenoxy) is 1. The number of unbranched alkanes of at least 4 members (excludes halogenated alkanes) is 1. The zero-order chi connectivity index (χ0) is 20.6. The van der Waals surface area contributed by atoms with Crippen LogP contribution in [0, 0.1) is 0 Å². The molecule has 1 saturated heterocycles. The molecule has 1 saturated carbocycles. The van der Waals surface area contributed by atoms with E-state index in [1.807, 2.05) is 6.92 Å². The molecule has 0 aromatic carbocycles. The Morgan fingerprint density at radius 2 is 1.96 bits per heavy atom. The van der Waals surface area contributed by atoms with Crippen molar-refractivity contribution in [2.75, 3.05) is 13.1 Å². The molecule has 0 aromatic heterocycles. The molecule has 1 aliphatic heterocycles. The highest BCUT2D eigenvalue weighted by Crippen LogP contribution is 2.28. The van der Waals surface area contributed by atoms with Crippen LogP contribution in [0.4, 0.5) is 18.0 Å². The number of halogens is 3. The van der Waals surface area contributed by atoms with Crippen LogP contribution >= 0.6 is 0 Å². The standard InChI is InChI=1S/C17H33F3N6O2/c1-11-9-14(22-8-3-2-7-21)25-15(23-11)26-16(27)24-12-5-4-6-13(10-12)28-17(18,19)20/h11-15,22-23,25H,2-10,21H2,1H3,(H2,24,26,27). The summed E-state index contributed by atoms with van der Waals surface area (Å²) in [7, 11) is 0. The van der Waals surface area contributed by atoms with Crippen LogP contribution in [0.2, 0.25) is 0 Å². The SMILES string of the molecule is CC1CC(NCCCCN)NC(NC(=O)NC2CCCC(OC(F)(F)F)C2)N1. The minimum absolute atomic E-state index is 0.0542. The number of hydrogen-bond acceptors (Lipinski definition) is 6. The van der Waals surface area contributed by atoms with Gasteiger partial charge in [-0.1, -0.05) is 0 Å². The van der Waals surface area contributed by atoms with Crippen LogP contribution < -0.4 is 32.3 Å². The number of nitrogens with one attached hydrogen (secondary N) is 5. The highest BCUT2D eigenvalue weighted by atomic mass is 19.4. The predicted molar refractivity (Wildman–Crippen MR) is 99.1 cm³/mol. The lowest BCUT2D eigenvalue weighted by Gasteiger charge is -2.37. The Labute approximate surface area is 163 Å². The number of alkyl halides is 3. The summed E-state index contributed by atoms with van der Waals surface area (Å²) in [5, 5.41) is 15.5. The molecular weight excluding hydrogens is 377 g/mol. The van der Waals surface area contributed by atoms with Crippen molar-refractivity contribution in [3.63, 3.8) is 0 Å². The maximum absolute atomic E-state index is 12.4. The summed E-state index contributed by atoms with van der Waals surface area (Å²) in [6.07, 6.45) is -1.41. The van der Waals surface area contributed by atoms with Gasteiger partial charge in [0.25, 0.3) is 0 Å². The Hall–Kier alpha value is -1.14. The second-order valence-electron chi connectivity index (χ2n) is 7.57. The van der Waals surface area contributed by atoms with Crippen molar-refractivity contribution >= 4 is 6.03 Å². The molecule has 8 nitrogen and oxygen atoms in total. The normalized spacial score (nSPS) is 31.4. The first-order valence-electron chi connectivity index (χ1n) is 10.0. The molecule has 7 N–H and O–H groups in total. The third kappa shape index (κ3) is 8.91. The van der Waals surface area contributed by atoms with E-state index in [-0.39, 0.29) is 24.7 Å². The van der Waals surface area contributed by atoms with E-state index in [0.29, 0.717) is 25.8 Å². The Morgan fingerprint density at radius 3 is 2.68 bits per heavy atom. The van der Waals surface area contributed by atoms with Crippen LogP contribution in [0.3, 0.4) is 0 Å². The summed E-state index contributed by atoms with van der Waals surface area (Å²) in [6.45, 7) is 3.53. The first kappa shape index (κ1) is 23.1. The monoisotopic (exact) mass is 410 g/mol. The van der Waals surface area contributed by atoms with Crippen LogP contribution in [-0.4, -0.2) is 56.1 Å². The lowest BCUT2D eigenvalue weighted by molar-refractivity contribution is -0.345. The van der Waals surface area contributed by atoms with Crippen molar-refractivity contribution in [3.8, 4) is 0 Å².